The van der Waals surface area contributed by atoms with Crippen LogP contribution in [0, 0.1) is 10.4 Å². The first-order valence-corrected chi connectivity index (χ1v) is 6.15. The number of hydroxylamine groups is 4. The van der Waals surface area contributed by atoms with Gasteiger partial charge in [-0.15, -0.1) is 5.23 Å². The zero-order valence-electron chi connectivity index (χ0n) is 8.83. The van der Waals surface area contributed by atoms with Crippen LogP contribution in [-0.2, 0) is 0 Å². The number of nitrogens with zero attached hydrogens (tertiary/aromatic N) is 2. The third kappa shape index (κ3) is 4.77. The van der Waals surface area contributed by atoms with Crippen molar-refractivity contribution in [3.05, 3.63) is 55.0 Å². The highest BCUT2D eigenvalue weighted by atomic mass is 79.9. The van der Waals surface area contributed by atoms with Gasteiger partial charge < -0.3 is 15.6 Å². The van der Waals surface area contributed by atoms with Crippen LogP contribution in [0.25, 0.3) is 12.2 Å². The lowest BCUT2D eigenvalue weighted by atomic mass is 10.1. The van der Waals surface area contributed by atoms with Crippen molar-refractivity contribution < 1.29 is 10.4 Å². The van der Waals surface area contributed by atoms with Gasteiger partial charge in [-0.3, -0.25) is 10.4 Å². The van der Waals surface area contributed by atoms with Gasteiger partial charge in [0.15, 0.2) is 0 Å². The molecule has 18 heavy (non-hydrogen) atoms. The van der Waals surface area contributed by atoms with Crippen LogP contribution < -0.4 is 0 Å². The van der Waals surface area contributed by atoms with Crippen molar-refractivity contribution in [3.8, 4) is 0 Å². The number of hydrogen-bond donors (Lipinski definition) is 2. The van der Waals surface area contributed by atoms with Gasteiger partial charge in [-0.25, -0.2) is 0 Å². The van der Waals surface area contributed by atoms with Crippen LogP contribution in [0.3, 0.4) is 0 Å². The molecule has 0 aromatic heterocycles. The van der Waals surface area contributed by atoms with Crippen LogP contribution in [0.4, 0.5) is 0 Å². The largest absolute Gasteiger partial charge is 0.769 e. The molecule has 8 heteroatoms. The fraction of sp³-hybridized carbons (Fsp3) is 0. The summed E-state index contributed by atoms with van der Waals surface area (Å²) in [6.45, 7) is 0. The summed E-state index contributed by atoms with van der Waals surface area (Å²) < 4.78 is -0.120. The lowest BCUT2D eigenvalue weighted by molar-refractivity contribution is -0.269. The summed E-state index contributed by atoms with van der Waals surface area (Å²) in [5, 5.41) is 37.7. The maximum absolute atomic E-state index is 10.5. The Labute approximate surface area is 120 Å². The minimum atomic E-state index is -0.554. The second-order valence-electron chi connectivity index (χ2n) is 3.15. The molecule has 0 atom stereocenters. The second kappa shape index (κ2) is 6.88. The van der Waals surface area contributed by atoms with Gasteiger partial charge in [0.2, 0.25) is 0 Å². The molecule has 0 aliphatic rings. The first kappa shape index (κ1) is 15.2. The molecule has 0 spiro atoms. The average Bonchev–Trinajstić information content (AvgIpc) is 2.29. The molecule has 0 heterocycles. The van der Waals surface area contributed by atoms with Crippen molar-refractivity contribution >= 4 is 44.0 Å². The topological polar surface area (TPSA) is 93.1 Å². The zero-order valence-corrected chi connectivity index (χ0v) is 12.0. The lowest BCUT2D eigenvalue weighted by Crippen LogP contribution is -2.07. The summed E-state index contributed by atoms with van der Waals surface area (Å²) in [6.07, 6.45) is 2.79. The fourth-order valence-electron chi connectivity index (χ4n) is 1.12. The smallest absolute Gasteiger partial charge is 0.137 e. The van der Waals surface area contributed by atoms with Crippen LogP contribution in [0.2, 0.25) is 0 Å². The van der Waals surface area contributed by atoms with Crippen molar-refractivity contribution in [2.45, 2.75) is 0 Å². The molecule has 2 N–H and O–H groups in total. The van der Waals surface area contributed by atoms with Crippen LogP contribution in [0.15, 0.2) is 33.5 Å². The normalized spacial score (nSPS) is 12.6. The Morgan fingerprint density at radius 1 is 1.06 bits per heavy atom. The highest BCUT2D eigenvalue weighted by Gasteiger charge is 1.99. The molecule has 0 aliphatic carbocycles. The molecule has 0 fully saturated rings. The van der Waals surface area contributed by atoms with Gasteiger partial charge in [0, 0.05) is 0 Å². The van der Waals surface area contributed by atoms with Gasteiger partial charge in [-0.1, -0.05) is 18.2 Å². The SMILES string of the molecule is [O-]N([O-])C(Br)=Cc1cccc(C=C(Br)N(O)O)c1. The van der Waals surface area contributed by atoms with Crippen LogP contribution in [0.5, 0.6) is 0 Å². The highest BCUT2D eigenvalue weighted by molar-refractivity contribution is 9.12. The predicted molar refractivity (Wildman–Crippen MR) is 74.2 cm³/mol. The molecule has 0 amide bonds. The molecular weight excluding hydrogens is 372 g/mol. The van der Waals surface area contributed by atoms with Crippen molar-refractivity contribution in [2.75, 3.05) is 0 Å². The van der Waals surface area contributed by atoms with E-state index in [2.05, 4.69) is 31.9 Å². The van der Waals surface area contributed by atoms with Gasteiger partial charge >= 0.3 is 0 Å². The van der Waals surface area contributed by atoms with E-state index in [1.807, 2.05) is 0 Å². The van der Waals surface area contributed by atoms with Crippen molar-refractivity contribution in [3.63, 3.8) is 0 Å². The predicted octanol–water partition coefficient (Wildman–Crippen LogP) is 3.45. The monoisotopic (exact) mass is 378 g/mol. The maximum atomic E-state index is 10.5. The van der Waals surface area contributed by atoms with Gasteiger partial charge in [0.1, 0.15) is 4.61 Å². The van der Waals surface area contributed by atoms with Crippen molar-refractivity contribution in [1.29, 1.82) is 0 Å². The lowest BCUT2D eigenvalue weighted by Gasteiger charge is -2.36. The summed E-state index contributed by atoms with van der Waals surface area (Å²) in [7, 11) is 0. The van der Waals surface area contributed by atoms with E-state index in [0.717, 1.165) is 0 Å². The van der Waals surface area contributed by atoms with Crippen molar-refractivity contribution in [1.82, 2.24) is 10.5 Å². The van der Waals surface area contributed by atoms with Crippen molar-refractivity contribution in [2.24, 2.45) is 0 Å². The van der Waals surface area contributed by atoms with Gasteiger partial charge in [-0.2, -0.15) is 0 Å². The van der Waals surface area contributed by atoms with E-state index in [-0.39, 0.29) is 14.4 Å². The summed E-state index contributed by atoms with van der Waals surface area (Å²) in [5.41, 5.74) is 1.25. The van der Waals surface area contributed by atoms with E-state index >= 15 is 0 Å². The maximum Gasteiger partial charge on any atom is 0.137 e. The number of halogens is 2. The Hall–Kier alpha value is -0.900. The van der Waals surface area contributed by atoms with Crippen LogP contribution >= 0.6 is 31.9 Å². The Bertz CT molecular complexity index is 435. The zero-order chi connectivity index (χ0) is 13.7. The molecule has 0 unspecified atom stereocenters. The Balaban J connectivity index is 3.00. The molecule has 0 saturated carbocycles. The number of hydrogen-bond acceptors (Lipinski definition) is 6. The Kier molecular flexibility index (Phi) is 5.79. The molecule has 0 bridgehead atoms. The first-order valence-electron chi connectivity index (χ1n) is 4.57. The number of rotatable bonds is 4. The average molecular weight is 380 g/mol. The van der Waals surface area contributed by atoms with E-state index in [4.69, 9.17) is 10.4 Å². The van der Waals surface area contributed by atoms with E-state index in [1.54, 1.807) is 24.3 Å². The molecule has 0 radical (unpaired) electrons. The molecule has 1 aromatic carbocycles. The van der Waals surface area contributed by atoms with Gasteiger partial charge in [0.05, 0.1) is 4.61 Å². The fourth-order valence-corrected chi connectivity index (χ4v) is 1.65. The van der Waals surface area contributed by atoms with Gasteiger partial charge in [-0.05, 0) is 61.2 Å². The van der Waals surface area contributed by atoms with E-state index in [1.165, 1.54) is 12.2 Å². The third-order valence-corrected chi connectivity index (χ3v) is 2.91. The minimum Gasteiger partial charge on any atom is -0.769 e. The first-order chi connectivity index (χ1) is 8.40. The second-order valence-corrected chi connectivity index (χ2v) is 4.78. The van der Waals surface area contributed by atoms with E-state index in [0.29, 0.717) is 11.1 Å². The summed E-state index contributed by atoms with van der Waals surface area (Å²) in [6, 6.07) is 6.74. The van der Waals surface area contributed by atoms with E-state index < -0.39 is 5.23 Å². The van der Waals surface area contributed by atoms with Gasteiger partial charge in [0.25, 0.3) is 0 Å². The quantitative estimate of drug-likeness (QED) is 0.614. The molecule has 0 saturated heterocycles. The Morgan fingerprint density at radius 2 is 1.56 bits per heavy atom. The molecule has 1 rings (SSSR count). The molecule has 98 valence electrons. The third-order valence-electron chi connectivity index (χ3n) is 1.85. The van der Waals surface area contributed by atoms with Crippen LogP contribution in [-0.4, -0.2) is 20.9 Å². The molecule has 6 nitrogen and oxygen atoms in total. The summed E-state index contributed by atoms with van der Waals surface area (Å²) in [5.74, 6) is 0. The standard InChI is InChI=1S/C10H8Br2N2O4/c11-9(13(15)16)5-7-2-1-3-8(4-7)6-10(12)14(17)18/h1-6,15-16H/q-2. The summed E-state index contributed by atoms with van der Waals surface area (Å²) >= 11 is 5.76. The molecular formula is C10H8Br2N2O4-2. The molecule has 0 aliphatic heterocycles. The van der Waals surface area contributed by atoms with E-state index in [9.17, 15) is 10.4 Å². The minimum absolute atomic E-state index is 0.0389. The summed E-state index contributed by atoms with van der Waals surface area (Å²) in [4.78, 5) is 0. The highest BCUT2D eigenvalue weighted by Crippen LogP contribution is 2.19. The Morgan fingerprint density at radius 3 is 2.00 bits per heavy atom. The van der Waals surface area contributed by atoms with Crippen LogP contribution in [0.1, 0.15) is 11.1 Å². The molecule has 1 aromatic rings. The number of benzene rings is 1.